The highest BCUT2D eigenvalue weighted by Crippen LogP contribution is 2.22. The van der Waals surface area contributed by atoms with E-state index in [0.717, 1.165) is 35.1 Å². The van der Waals surface area contributed by atoms with Crippen LogP contribution < -0.4 is 10.6 Å². The standard InChI is InChI=1S/C15H19ClN4O/c1-11-4-5-12(10-13(11)16)19-14-6-8-18-15(20-14)17-7-3-9-21-2/h4-6,8,10H,3,7,9H2,1-2H3,(H2,17,18,19,20). The Morgan fingerprint density at radius 1 is 1.29 bits per heavy atom. The van der Waals surface area contributed by atoms with Gasteiger partial charge in [0.05, 0.1) is 0 Å². The number of aromatic nitrogens is 2. The Bertz CT molecular complexity index is 592. The Hall–Kier alpha value is -1.85. The largest absolute Gasteiger partial charge is 0.385 e. The molecule has 0 aliphatic heterocycles. The number of rotatable bonds is 7. The lowest BCUT2D eigenvalue weighted by Crippen LogP contribution is -2.08. The van der Waals surface area contributed by atoms with Gasteiger partial charge in [0.2, 0.25) is 5.95 Å². The van der Waals surface area contributed by atoms with Crippen LogP contribution in [-0.4, -0.2) is 30.2 Å². The van der Waals surface area contributed by atoms with Crippen molar-refractivity contribution >= 4 is 29.1 Å². The number of methoxy groups -OCH3 is 1. The van der Waals surface area contributed by atoms with E-state index in [1.807, 2.05) is 31.2 Å². The third-order valence-electron chi connectivity index (χ3n) is 2.91. The smallest absolute Gasteiger partial charge is 0.224 e. The zero-order valence-corrected chi connectivity index (χ0v) is 12.9. The molecule has 0 spiro atoms. The number of halogens is 1. The molecule has 0 radical (unpaired) electrons. The van der Waals surface area contributed by atoms with Crippen molar-refractivity contribution in [3.8, 4) is 0 Å². The van der Waals surface area contributed by atoms with Crippen molar-refractivity contribution in [2.24, 2.45) is 0 Å². The zero-order valence-electron chi connectivity index (χ0n) is 12.2. The van der Waals surface area contributed by atoms with E-state index in [9.17, 15) is 0 Å². The van der Waals surface area contributed by atoms with E-state index >= 15 is 0 Å². The summed E-state index contributed by atoms with van der Waals surface area (Å²) in [5.41, 5.74) is 1.94. The lowest BCUT2D eigenvalue weighted by Gasteiger charge is -2.09. The van der Waals surface area contributed by atoms with Gasteiger partial charge in [-0.2, -0.15) is 4.98 Å². The summed E-state index contributed by atoms with van der Waals surface area (Å²) in [7, 11) is 1.69. The summed E-state index contributed by atoms with van der Waals surface area (Å²) in [5, 5.41) is 7.10. The topological polar surface area (TPSA) is 59.1 Å². The molecule has 112 valence electrons. The molecular formula is C15H19ClN4O. The second-order valence-electron chi connectivity index (χ2n) is 4.63. The van der Waals surface area contributed by atoms with Crippen LogP contribution in [0, 0.1) is 6.92 Å². The number of hydrogen-bond acceptors (Lipinski definition) is 5. The molecule has 0 amide bonds. The van der Waals surface area contributed by atoms with E-state index < -0.39 is 0 Å². The van der Waals surface area contributed by atoms with Crippen LogP contribution in [0.5, 0.6) is 0 Å². The van der Waals surface area contributed by atoms with Gasteiger partial charge < -0.3 is 15.4 Å². The van der Waals surface area contributed by atoms with Crippen molar-refractivity contribution in [1.82, 2.24) is 9.97 Å². The molecule has 0 aliphatic carbocycles. The van der Waals surface area contributed by atoms with Crippen LogP contribution in [0.3, 0.4) is 0 Å². The number of aryl methyl sites for hydroxylation is 1. The first kappa shape index (κ1) is 15.5. The van der Waals surface area contributed by atoms with Crippen molar-refractivity contribution in [3.63, 3.8) is 0 Å². The van der Waals surface area contributed by atoms with Crippen molar-refractivity contribution in [2.45, 2.75) is 13.3 Å². The summed E-state index contributed by atoms with van der Waals surface area (Å²) < 4.78 is 5.00. The predicted octanol–water partition coefficient (Wildman–Crippen LogP) is 3.63. The van der Waals surface area contributed by atoms with Gasteiger partial charge in [-0.1, -0.05) is 17.7 Å². The molecule has 6 heteroatoms. The molecule has 2 rings (SSSR count). The fraction of sp³-hybridized carbons (Fsp3) is 0.333. The molecule has 1 aromatic heterocycles. The number of ether oxygens (including phenoxy) is 1. The van der Waals surface area contributed by atoms with Gasteiger partial charge in [-0.3, -0.25) is 0 Å². The molecule has 2 aromatic rings. The quantitative estimate of drug-likeness (QED) is 0.765. The molecule has 0 saturated carbocycles. The van der Waals surface area contributed by atoms with Crippen LogP contribution in [0.2, 0.25) is 5.02 Å². The van der Waals surface area contributed by atoms with Crippen LogP contribution in [0.15, 0.2) is 30.5 Å². The van der Waals surface area contributed by atoms with Crippen LogP contribution in [0.1, 0.15) is 12.0 Å². The van der Waals surface area contributed by atoms with Crippen molar-refractivity contribution in [3.05, 3.63) is 41.0 Å². The van der Waals surface area contributed by atoms with Gasteiger partial charge in [-0.15, -0.1) is 0 Å². The Morgan fingerprint density at radius 3 is 2.90 bits per heavy atom. The van der Waals surface area contributed by atoms with E-state index in [1.165, 1.54) is 0 Å². The molecule has 1 heterocycles. The maximum Gasteiger partial charge on any atom is 0.224 e. The van der Waals surface area contributed by atoms with Crippen molar-refractivity contribution < 1.29 is 4.74 Å². The van der Waals surface area contributed by atoms with E-state index in [1.54, 1.807) is 13.3 Å². The van der Waals surface area contributed by atoms with Gasteiger partial charge in [0.1, 0.15) is 5.82 Å². The van der Waals surface area contributed by atoms with Crippen LogP contribution >= 0.6 is 11.6 Å². The lowest BCUT2D eigenvalue weighted by atomic mass is 10.2. The number of nitrogens with one attached hydrogen (secondary N) is 2. The number of nitrogens with zero attached hydrogens (tertiary/aromatic N) is 2. The summed E-state index contributed by atoms with van der Waals surface area (Å²) >= 11 is 6.11. The third-order valence-corrected chi connectivity index (χ3v) is 3.32. The normalized spacial score (nSPS) is 10.4. The monoisotopic (exact) mass is 306 g/mol. The summed E-state index contributed by atoms with van der Waals surface area (Å²) in [6.45, 7) is 3.46. The Kier molecular flexibility index (Phi) is 5.78. The molecule has 2 N–H and O–H groups in total. The number of hydrogen-bond donors (Lipinski definition) is 2. The molecule has 0 bridgehead atoms. The molecule has 0 saturated heterocycles. The number of anilines is 3. The van der Waals surface area contributed by atoms with Gasteiger partial charge in [0.25, 0.3) is 0 Å². The highest BCUT2D eigenvalue weighted by Gasteiger charge is 2.01. The van der Waals surface area contributed by atoms with Crippen LogP contribution in [0.25, 0.3) is 0 Å². The molecule has 0 aliphatic rings. The predicted molar refractivity (Wildman–Crippen MR) is 86.5 cm³/mol. The molecule has 0 fully saturated rings. The van der Waals surface area contributed by atoms with Gasteiger partial charge in [-0.25, -0.2) is 4.98 Å². The highest BCUT2D eigenvalue weighted by atomic mass is 35.5. The first-order chi connectivity index (χ1) is 10.2. The fourth-order valence-corrected chi connectivity index (χ4v) is 1.93. The summed E-state index contributed by atoms with van der Waals surface area (Å²) in [4.78, 5) is 8.58. The Morgan fingerprint density at radius 2 is 2.14 bits per heavy atom. The number of benzene rings is 1. The molecule has 0 atom stereocenters. The summed E-state index contributed by atoms with van der Waals surface area (Å²) in [6, 6.07) is 7.63. The van der Waals surface area contributed by atoms with Gasteiger partial charge in [0.15, 0.2) is 0 Å². The van der Waals surface area contributed by atoms with Crippen molar-refractivity contribution in [2.75, 3.05) is 30.9 Å². The minimum absolute atomic E-state index is 0.592. The van der Waals surface area contributed by atoms with E-state index in [4.69, 9.17) is 16.3 Å². The van der Waals surface area contributed by atoms with Gasteiger partial charge in [-0.05, 0) is 37.1 Å². The van der Waals surface area contributed by atoms with E-state index in [2.05, 4.69) is 20.6 Å². The van der Waals surface area contributed by atoms with Crippen LogP contribution in [-0.2, 0) is 4.74 Å². The van der Waals surface area contributed by atoms with E-state index in [0.29, 0.717) is 12.6 Å². The SMILES string of the molecule is COCCCNc1nccc(Nc2ccc(C)c(Cl)c2)n1. The first-order valence-corrected chi connectivity index (χ1v) is 7.16. The first-order valence-electron chi connectivity index (χ1n) is 6.78. The zero-order chi connectivity index (χ0) is 15.1. The maximum atomic E-state index is 6.11. The third kappa shape index (κ3) is 4.88. The second-order valence-corrected chi connectivity index (χ2v) is 5.03. The molecular weight excluding hydrogens is 288 g/mol. The minimum atomic E-state index is 0.592. The molecule has 21 heavy (non-hydrogen) atoms. The second kappa shape index (κ2) is 7.81. The molecule has 0 unspecified atom stereocenters. The summed E-state index contributed by atoms with van der Waals surface area (Å²) in [6.07, 6.45) is 2.62. The highest BCUT2D eigenvalue weighted by molar-refractivity contribution is 6.31. The average molecular weight is 307 g/mol. The van der Waals surface area contributed by atoms with Gasteiger partial charge >= 0.3 is 0 Å². The molecule has 5 nitrogen and oxygen atoms in total. The lowest BCUT2D eigenvalue weighted by molar-refractivity contribution is 0.197. The van der Waals surface area contributed by atoms with Crippen LogP contribution in [0.4, 0.5) is 17.5 Å². The maximum absolute atomic E-state index is 6.11. The Labute approximate surface area is 129 Å². The average Bonchev–Trinajstić information content (AvgIpc) is 2.48. The Balaban J connectivity index is 1.98. The molecule has 1 aromatic carbocycles. The summed E-state index contributed by atoms with van der Waals surface area (Å²) in [5.74, 6) is 1.31. The minimum Gasteiger partial charge on any atom is -0.385 e. The van der Waals surface area contributed by atoms with E-state index in [-0.39, 0.29) is 0 Å². The van der Waals surface area contributed by atoms with Crippen molar-refractivity contribution in [1.29, 1.82) is 0 Å². The van der Waals surface area contributed by atoms with Gasteiger partial charge in [0, 0.05) is 37.2 Å². The fourth-order valence-electron chi connectivity index (χ4n) is 1.75.